The van der Waals surface area contributed by atoms with Crippen molar-refractivity contribution in [3.05, 3.63) is 36.4 Å². The van der Waals surface area contributed by atoms with Gasteiger partial charge < -0.3 is 5.32 Å². The van der Waals surface area contributed by atoms with E-state index < -0.39 is 0 Å². The highest BCUT2D eigenvalue weighted by atomic mass is 32.1. The largest absolute Gasteiger partial charge is 0.387 e. The van der Waals surface area contributed by atoms with Crippen LogP contribution in [0.4, 0.5) is 5.69 Å². The maximum Gasteiger partial charge on any atom is 0.0479 e. The van der Waals surface area contributed by atoms with Crippen molar-refractivity contribution in [1.29, 1.82) is 0 Å². The van der Waals surface area contributed by atoms with Gasteiger partial charge in [-0.3, -0.25) is 0 Å². The highest BCUT2D eigenvalue weighted by Gasteiger charge is 2.00. The third-order valence-corrected chi connectivity index (χ3v) is 2.65. The van der Waals surface area contributed by atoms with E-state index >= 15 is 0 Å². The smallest absolute Gasteiger partial charge is 0.0479 e. The topological polar surface area (TPSA) is 12.0 Å². The maximum absolute atomic E-state index is 4.48. The Morgan fingerprint density at radius 1 is 1.08 bits per heavy atom. The molecule has 0 saturated heterocycles. The molecule has 0 amide bonds. The van der Waals surface area contributed by atoms with Gasteiger partial charge in [0.1, 0.15) is 0 Å². The van der Waals surface area contributed by atoms with Crippen LogP contribution in [0.25, 0.3) is 10.8 Å². The SMILES string of the molecule is CNc1ccc2ccccc2c1S. The van der Waals surface area contributed by atoms with Crippen LogP contribution in [0.3, 0.4) is 0 Å². The van der Waals surface area contributed by atoms with E-state index in [1.165, 1.54) is 10.8 Å². The fourth-order valence-electron chi connectivity index (χ4n) is 1.46. The molecule has 0 unspecified atom stereocenters. The fourth-order valence-corrected chi connectivity index (χ4v) is 1.85. The molecule has 0 aliphatic rings. The number of anilines is 1. The van der Waals surface area contributed by atoms with Crippen molar-refractivity contribution in [2.45, 2.75) is 4.90 Å². The molecular weight excluding hydrogens is 178 g/mol. The summed E-state index contributed by atoms with van der Waals surface area (Å²) in [6.07, 6.45) is 0. The Labute approximate surface area is 83.2 Å². The van der Waals surface area contributed by atoms with E-state index in [2.05, 4.69) is 36.1 Å². The third-order valence-electron chi connectivity index (χ3n) is 2.17. The minimum absolute atomic E-state index is 1.01. The summed E-state index contributed by atoms with van der Waals surface area (Å²) >= 11 is 4.48. The second-order valence-electron chi connectivity index (χ2n) is 2.93. The van der Waals surface area contributed by atoms with Crippen molar-refractivity contribution in [1.82, 2.24) is 0 Å². The third kappa shape index (κ3) is 1.38. The summed E-state index contributed by atoms with van der Waals surface area (Å²) < 4.78 is 0. The lowest BCUT2D eigenvalue weighted by atomic mass is 10.1. The molecule has 0 aliphatic carbocycles. The summed E-state index contributed by atoms with van der Waals surface area (Å²) in [7, 11) is 1.91. The Kier molecular flexibility index (Phi) is 2.15. The molecule has 0 fully saturated rings. The van der Waals surface area contributed by atoms with Gasteiger partial charge in [-0.05, 0) is 16.8 Å². The molecule has 13 heavy (non-hydrogen) atoms. The van der Waals surface area contributed by atoms with E-state index in [1.54, 1.807) is 0 Å². The molecule has 0 atom stereocenters. The minimum Gasteiger partial charge on any atom is -0.387 e. The van der Waals surface area contributed by atoms with Gasteiger partial charge in [-0.1, -0.05) is 30.3 Å². The number of benzene rings is 2. The van der Waals surface area contributed by atoms with E-state index in [0.29, 0.717) is 0 Å². The molecule has 0 saturated carbocycles. The predicted octanol–water partition coefficient (Wildman–Crippen LogP) is 3.17. The van der Waals surface area contributed by atoms with Gasteiger partial charge in [-0.2, -0.15) is 0 Å². The number of fused-ring (bicyclic) bond motifs is 1. The molecule has 0 bridgehead atoms. The average molecular weight is 189 g/mol. The van der Waals surface area contributed by atoms with E-state index in [0.717, 1.165) is 10.6 Å². The highest BCUT2D eigenvalue weighted by molar-refractivity contribution is 7.80. The molecule has 2 rings (SSSR count). The molecular formula is C11H11NS. The molecule has 1 nitrogen and oxygen atoms in total. The molecule has 0 radical (unpaired) electrons. The van der Waals surface area contributed by atoms with Gasteiger partial charge in [-0.15, -0.1) is 12.6 Å². The van der Waals surface area contributed by atoms with Crippen LogP contribution in [-0.2, 0) is 0 Å². The lowest BCUT2D eigenvalue weighted by Crippen LogP contribution is -1.89. The summed E-state index contributed by atoms with van der Waals surface area (Å²) in [5.41, 5.74) is 1.07. The first-order valence-electron chi connectivity index (χ1n) is 4.21. The van der Waals surface area contributed by atoms with Crippen LogP contribution < -0.4 is 5.32 Å². The lowest BCUT2D eigenvalue weighted by molar-refractivity contribution is 1.44. The fraction of sp³-hybridized carbons (Fsp3) is 0.0909. The van der Waals surface area contributed by atoms with Crippen molar-refractivity contribution in [3.8, 4) is 0 Å². The van der Waals surface area contributed by atoms with Crippen molar-refractivity contribution < 1.29 is 0 Å². The highest BCUT2D eigenvalue weighted by Crippen LogP contribution is 2.28. The molecule has 66 valence electrons. The van der Waals surface area contributed by atoms with Crippen molar-refractivity contribution in [2.75, 3.05) is 12.4 Å². The first-order chi connectivity index (χ1) is 6.33. The lowest BCUT2D eigenvalue weighted by Gasteiger charge is -2.07. The molecule has 2 aromatic rings. The summed E-state index contributed by atoms with van der Waals surface area (Å²) in [6, 6.07) is 12.4. The molecule has 0 heterocycles. The molecule has 0 spiro atoms. The Morgan fingerprint density at radius 3 is 2.62 bits per heavy atom. The first-order valence-corrected chi connectivity index (χ1v) is 4.66. The predicted molar refractivity (Wildman–Crippen MR) is 60.7 cm³/mol. The van der Waals surface area contributed by atoms with Gasteiger partial charge in [0, 0.05) is 17.6 Å². The Morgan fingerprint density at radius 2 is 1.85 bits per heavy atom. The van der Waals surface area contributed by atoms with Gasteiger partial charge in [0.2, 0.25) is 0 Å². The van der Waals surface area contributed by atoms with E-state index in [1.807, 2.05) is 25.2 Å². The van der Waals surface area contributed by atoms with E-state index in [4.69, 9.17) is 0 Å². The van der Waals surface area contributed by atoms with Crippen LogP contribution >= 0.6 is 12.6 Å². The molecule has 1 N–H and O–H groups in total. The van der Waals surface area contributed by atoms with Gasteiger partial charge in [-0.25, -0.2) is 0 Å². The van der Waals surface area contributed by atoms with Gasteiger partial charge in [0.15, 0.2) is 0 Å². The zero-order chi connectivity index (χ0) is 9.26. The standard InChI is InChI=1S/C11H11NS/c1-12-10-7-6-8-4-2-3-5-9(8)11(10)13/h2-7,12-13H,1H3. The van der Waals surface area contributed by atoms with E-state index in [-0.39, 0.29) is 0 Å². The van der Waals surface area contributed by atoms with Crippen LogP contribution in [0.15, 0.2) is 41.3 Å². The number of nitrogens with one attached hydrogen (secondary N) is 1. The summed E-state index contributed by atoms with van der Waals surface area (Å²) in [5, 5.41) is 5.53. The summed E-state index contributed by atoms with van der Waals surface area (Å²) in [5.74, 6) is 0. The van der Waals surface area contributed by atoms with Crippen molar-refractivity contribution >= 4 is 29.1 Å². The molecule has 0 aromatic heterocycles. The Hall–Kier alpha value is -1.15. The molecule has 0 aliphatic heterocycles. The zero-order valence-electron chi connectivity index (χ0n) is 7.41. The van der Waals surface area contributed by atoms with Gasteiger partial charge in [0.05, 0.1) is 0 Å². The Bertz CT molecular complexity index is 437. The minimum atomic E-state index is 1.01. The van der Waals surface area contributed by atoms with Crippen molar-refractivity contribution in [3.63, 3.8) is 0 Å². The summed E-state index contributed by atoms with van der Waals surface area (Å²) in [6.45, 7) is 0. The number of hydrogen-bond donors (Lipinski definition) is 2. The molecule has 2 aromatic carbocycles. The van der Waals surface area contributed by atoms with Crippen LogP contribution in [0, 0.1) is 0 Å². The monoisotopic (exact) mass is 189 g/mol. The second kappa shape index (κ2) is 3.30. The van der Waals surface area contributed by atoms with Crippen molar-refractivity contribution in [2.24, 2.45) is 0 Å². The number of thiol groups is 1. The zero-order valence-corrected chi connectivity index (χ0v) is 8.31. The Balaban J connectivity index is 2.79. The normalized spacial score (nSPS) is 10.3. The van der Waals surface area contributed by atoms with Crippen LogP contribution in [0.5, 0.6) is 0 Å². The molecule has 2 heteroatoms. The van der Waals surface area contributed by atoms with Crippen LogP contribution in [0.2, 0.25) is 0 Å². The maximum atomic E-state index is 4.48. The summed E-state index contributed by atoms with van der Waals surface area (Å²) in [4.78, 5) is 1.01. The van der Waals surface area contributed by atoms with Crippen LogP contribution in [0.1, 0.15) is 0 Å². The number of rotatable bonds is 1. The quantitative estimate of drug-likeness (QED) is 0.657. The first kappa shape index (κ1) is 8.45. The van der Waals surface area contributed by atoms with Gasteiger partial charge in [0.25, 0.3) is 0 Å². The number of hydrogen-bond acceptors (Lipinski definition) is 2. The van der Waals surface area contributed by atoms with E-state index in [9.17, 15) is 0 Å². The van der Waals surface area contributed by atoms with Crippen LogP contribution in [-0.4, -0.2) is 7.05 Å². The second-order valence-corrected chi connectivity index (χ2v) is 3.38. The average Bonchev–Trinajstić information content (AvgIpc) is 2.19. The van der Waals surface area contributed by atoms with Gasteiger partial charge >= 0.3 is 0 Å².